The Hall–Kier alpha value is -2.39. The van der Waals surface area contributed by atoms with Gasteiger partial charge in [0.2, 0.25) is 0 Å². The van der Waals surface area contributed by atoms with Crippen LogP contribution in [-0.2, 0) is 6.42 Å². The first-order chi connectivity index (χ1) is 11.6. The fourth-order valence-corrected chi connectivity index (χ4v) is 2.93. The minimum atomic E-state index is 1.05. The maximum absolute atomic E-state index is 4.77. The van der Waals surface area contributed by atoms with Crippen molar-refractivity contribution in [1.82, 2.24) is 14.7 Å². The van der Waals surface area contributed by atoms with Crippen LogP contribution in [0.1, 0.15) is 16.8 Å². The van der Waals surface area contributed by atoms with Gasteiger partial charge in [-0.2, -0.15) is 5.10 Å². The molecule has 2 aromatic carbocycles. The number of benzene rings is 2. The molecule has 0 saturated heterocycles. The van der Waals surface area contributed by atoms with E-state index in [2.05, 4.69) is 86.1 Å². The van der Waals surface area contributed by atoms with Crippen LogP contribution >= 0.6 is 0 Å². The quantitative estimate of drug-likeness (QED) is 0.700. The molecule has 0 atom stereocenters. The highest BCUT2D eigenvalue weighted by molar-refractivity contribution is 5.67. The Bertz CT molecular complexity index is 816. The summed E-state index contributed by atoms with van der Waals surface area (Å²) in [6.45, 7) is 5.29. The van der Waals surface area contributed by atoms with Gasteiger partial charge in [-0.1, -0.05) is 36.4 Å². The molecule has 0 N–H and O–H groups in total. The zero-order valence-corrected chi connectivity index (χ0v) is 15.0. The lowest BCUT2D eigenvalue weighted by Gasteiger charge is -2.12. The van der Waals surface area contributed by atoms with Gasteiger partial charge in [-0.25, -0.2) is 4.68 Å². The number of nitrogens with zero attached hydrogens (tertiary/aromatic N) is 3. The van der Waals surface area contributed by atoms with Gasteiger partial charge in [-0.05, 0) is 63.7 Å². The molecule has 3 nitrogen and oxygen atoms in total. The Morgan fingerprint density at radius 2 is 1.71 bits per heavy atom. The number of aromatic nitrogens is 2. The standard InChI is InChI=1S/C21H25N3/c1-16-17(2)22-24(20-11-6-5-7-12-20)21(16)19-10-8-9-18(15-19)13-14-23(3)4/h5-12,15H,13-14H2,1-4H3. The van der Waals surface area contributed by atoms with E-state index < -0.39 is 0 Å². The number of hydrogen-bond donors (Lipinski definition) is 0. The average molecular weight is 319 g/mol. The van der Waals surface area contributed by atoms with Crippen LogP contribution in [0.25, 0.3) is 16.9 Å². The summed E-state index contributed by atoms with van der Waals surface area (Å²) in [6, 6.07) is 19.2. The van der Waals surface area contributed by atoms with E-state index in [0.717, 1.165) is 24.3 Å². The van der Waals surface area contributed by atoms with Crippen LogP contribution in [0.2, 0.25) is 0 Å². The first-order valence-corrected chi connectivity index (χ1v) is 8.42. The predicted octanol–water partition coefficient (Wildman–Crippen LogP) is 4.26. The molecular formula is C21H25N3. The summed E-state index contributed by atoms with van der Waals surface area (Å²) in [6.07, 6.45) is 1.05. The van der Waals surface area contributed by atoms with E-state index in [1.165, 1.54) is 22.4 Å². The highest BCUT2D eigenvalue weighted by atomic mass is 15.3. The second-order valence-electron chi connectivity index (χ2n) is 6.56. The SMILES string of the molecule is Cc1nn(-c2ccccc2)c(-c2cccc(CCN(C)C)c2)c1C. The summed E-state index contributed by atoms with van der Waals surface area (Å²) in [7, 11) is 4.23. The zero-order valence-electron chi connectivity index (χ0n) is 15.0. The van der Waals surface area contributed by atoms with Crippen molar-refractivity contribution < 1.29 is 0 Å². The Morgan fingerprint density at radius 1 is 0.958 bits per heavy atom. The molecule has 0 amide bonds. The van der Waals surface area contributed by atoms with Gasteiger partial charge < -0.3 is 4.90 Å². The van der Waals surface area contributed by atoms with E-state index in [-0.39, 0.29) is 0 Å². The molecule has 3 rings (SSSR count). The molecule has 0 saturated carbocycles. The number of aryl methyl sites for hydroxylation is 1. The fraction of sp³-hybridized carbons (Fsp3) is 0.286. The van der Waals surface area contributed by atoms with E-state index in [1.54, 1.807) is 0 Å². The largest absolute Gasteiger partial charge is 0.309 e. The molecule has 0 bridgehead atoms. The Morgan fingerprint density at radius 3 is 2.42 bits per heavy atom. The first kappa shape index (κ1) is 16.5. The summed E-state index contributed by atoms with van der Waals surface area (Å²) in [5.74, 6) is 0. The summed E-state index contributed by atoms with van der Waals surface area (Å²) in [4.78, 5) is 2.22. The minimum Gasteiger partial charge on any atom is -0.309 e. The third-order valence-corrected chi connectivity index (χ3v) is 4.41. The van der Waals surface area contributed by atoms with E-state index in [4.69, 9.17) is 5.10 Å². The molecule has 24 heavy (non-hydrogen) atoms. The Labute approximate surface area is 144 Å². The third kappa shape index (κ3) is 3.41. The van der Waals surface area contributed by atoms with E-state index in [9.17, 15) is 0 Å². The van der Waals surface area contributed by atoms with Crippen molar-refractivity contribution in [2.75, 3.05) is 20.6 Å². The summed E-state index contributed by atoms with van der Waals surface area (Å²) < 4.78 is 2.07. The lowest BCUT2D eigenvalue weighted by Crippen LogP contribution is -2.15. The molecule has 1 aromatic heterocycles. The van der Waals surface area contributed by atoms with E-state index in [1.807, 2.05) is 6.07 Å². The van der Waals surface area contributed by atoms with Gasteiger partial charge in [0, 0.05) is 12.1 Å². The lowest BCUT2D eigenvalue weighted by molar-refractivity contribution is 0.413. The van der Waals surface area contributed by atoms with E-state index >= 15 is 0 Å². The number of rotatable bonds is 5. The average Bonchev–Trinajstić information content (AvgIpc) is 2.89. The van der Waals surface area contributed by atoms with Crippen molar-refractivity contribution >= 4 is 0 Å². The molecule has 0 fully saturated rings. The first-order valence-electron chi connectivity index (χ1n) is 8.42. The van der Waals surface area contributed by atoms with Crippen molar-refractivity contribution in [2.24, 2.45) is 0 Å². The maximum Gasteiger partial charge on any atom is 0.0772 e. The van der Waals surface area contributed by atoms with Crippen molar-refractivity contribution in [3.05, 3.63) is 71.4 Å². The molecule has 0 aliphatic carbocycles. The Kier molecular flexibility index (Phi) is 4.81. The van der Waals surface area contributed by atoms with Crippen LogP contribution in [0.3, 0.4) is 0 Å². The molecule has 0 aliphatic heterocycles. The van der Waals surface area contributed by atoms with Crippen molar-refractivity contribution in [1.29, 1.82) is 0 Å². The molecule has 3 heteroatoms. The normalized spacial score (nSPS) is 11.2. The van der Waals surface area contributed by atoms with Crippen molar-refractivity contribution in [3.63, 3.8) is 0 Å². The van der Waals surface area contributed by atoms with Crippen LogP contribution in [0.4, 0.5) is 0 Å². The summed E-state index contributed by atoms with van der Waals surface area (Å²) >= 11 is 0. The smallest absolute Gasteiger partial charge is 0.0772 e. The second kappa shape index (κ2) is 7.02. The van der Waals surface area contributed by atoms with Gasteiger partial charge in [0.05, 0.1) is 17.1 Å². The molecule has 0 unspecified atom stereocenters. The van der Waals surface area contributed by atoms with Gasteiger partial charge in [0.15, 0.2) is 0 Å². The molecule has 0 aliphatic rings. The molecule has 1 heterocycles. The zero-order chi connectivity index (χ0) is 17.1. The Balaban J connectivity index is 2.05. The fourth-order valence-electron chi connectivity index (χ4n) is 2.93. The summed E-state index contributed by atoms with van der Waals surface area (Å²) in [5, 5.41) is 4.77. The van der Waals surface area contributed by atoms with Gasteiger partial charge in [0.25, 0.3) is 0 Å². The van der Waals surface area contributed by atoms with Gasteiger partial charge >= 0.3 is 0 Å². The van der Waals surface area contributed by atoms with Crippen LogP contribution in [0.15, 0.2) is 54.6 Å². The maximum atomic E-state index is 4.77. The minimum absolute atomic E-state index is 1.05. The van der Waals surface area contributed by atoms with Crippen LogP contribution in [0.5, 0.6) is 0 Å². The van der Waals surface area contributed by atoms with E-state index in [0.29, 0.717) is 0 Å². The molecule has 0 radical (unpaired) electrons. The predicted molar refractivity (Wildman–Crippen MR) is 101 cm³/mol. The molecular weight excluding hydrogens is 294 g/mol. The topological polar surface area (TPSA) is 21.1 Å². The highest BCUT2D eigenvalue weighted by Gasteiger charge is 2.15. The van der Waals surface area contributed by atoms with Crippen LogP contribution < -0.4 is 0 Å². The molecule has 3 aromatic rings. The van der Waals surface area contributed by atoms with Gasteiger partial charge in [-0.3, -0.25) is 0 Å². The number of likely N-dealkylation sites (N-methyl/N-ethyl adjacent to an activating group) is 1. The van der Waals surface area contributed by atoms with Crippen molar-refractivity contribution in [3.8, 4) is 16.9 Å². The highest BCUT2D eigenvalue weighted by Crippen LogP contribution is 2.29. The molecule has 124 valence electrons. The second-order valence-corrected chi connectivity index (χ2v) is 6.56. The number of hydrogen-bond acceptors (Lipinski definition) is 2. The van der Waals surface area contributed by atoms with Crippen LogP contribution in [0, 0.1) is 13.8 Å². The lowest BCUT2D eigenvalue weighted by atomic mass is 10.0. The third-order valence-electron chi connectivity index (χ3n) is 4.41. The number of para-hydroxylation sites is 1. The van der Waals surface area contributed by atoms with Crippen LogP contribution in [-0.4, -0.2) is 35.3 Å². The van der Waals surface area contributed by atoms with Gasteiger partial charge in [-0.15, -0.1) is 0 Å². The molecule has 0 spiro atoms. The monoisotopic (exact) mass is 319 g/mol. The van der Waals surface area contributed by atoms with Crippen molar-refractivity contribution in [2.45, 2.75) is 20.3 Å². The van der Waals surface area contributed by atoms with Gasteiger partial charge in [0.1, 0.15) is 0 Å². The summed E-state index contributed by atoms with van der Waals surface area (Å²) in [5.41, 5.74) is 7.19.